The van der Waals surface area contributed by atoms with Gasteiger partial charge in [-0.1, -0.05) is 0 Å². The fourth-order valence-corrected chi connectivity index (χ4v) is 4.50. The lowest BCUT2D eigenvalue weighted by Gasteiger charge is -2.35. The zero-order valence-electron chi connectivity index (χ0n) is 11.1. The first-order valence-electron chi connectivity index (χ1n) is 6.43. The first-order chi connectivity index (χ1) is 9.48. The number of sulfone groups is 1. The SMILES string of the molecule is COc1ccc2c(c1)NC(=O)CN2C1CCS(=O)(=O)C1. The average Bonchev–Trinajstić information content (AvgIpc) is 2.77. The maximum absolute atomic E-state index is 11.8. The summed E-state index contributed by atoms with van der Waals surface area (Å²) in [7, 11) is -1.41. The van der Waals surface area contributed by atoms with E-state index in [9.17, 15) is 13.2 Å². The van der Waals surface area contributed by atoms with E-state index in [1.807, 2.05) is 17.0 Å². The average molecular weight is 296 g/mol. The van der Waals surface area contributed by atoms with Gasteiger partial charge in [-0.25, -0.2) is 8.42 Å². The number of benzene rings is 1. The molecule has 6 nitrogen and oxygen atoms in total. The molecule has 7 heteroatoms. The number of methoxy groups -OCH3 is 1. The molecule has 0 radical (unpaired) electrons. The normalized spacial score (nSPS) is 24.1. The molecule has 108 valence electrons. The van der Waals surface area contributed by atoms with Crippen LogP contribution in [0.25, 0.3) is 0 Å². The van der Waals surface area contributed by atoms with Crippen molar-refractivity contribution in [3.05, 3.63) is 18.2 Å². The summed E-state index contributed by atoms with van der Waals surface area (Å²) >= 11 is 0. The Balaban J connectivity index is 1.96. The van der Waals surface area contributed by atoms with Gasteiger partial charge in [0, 0.05) is 12.1 Å². The molecule has 1 amide bonds. The third-order valence-electron chi connectivity index (χ3n) is 3.75. The Morgan fingerprint density at radius 3 is 2.85 bits per heavy atom. The van der Waals surface area contributed by atoms with Gasteiger partial charge in [0.15, 0.2) is 9.84 Å². The monoisotopic (exact) mass is 296 g/mol. The van der Waals surface area contributed by atoms with Gasteiger partial charge < -0.3 is 15.0 Å². The highest BCUT2D eigenvalue weighted by Gasteiger charge is 2.36. The fraction of sp³-hybridized carbons (Fsp3) is 0.462. The van der Waals surface area contributed by atoms with Crippen molar-refractivity contribution >= 4 is 27.1 Å². The Bertz CT molecular complexity index is 656. The minimum absolute atomic E-state index is 0.117. The number of carbonyl (C=O) groups excluding carboxylic acids is 1. The minimum atomic E-state index is -2.98. The summed E-state index contributed by atoms with van der Waals surface area (Å²) in [6.07, 6.45) is 0.571. The van der Waals surface area contributed by atoms with Crippen molar-refractivity contribution < 1.29 is 17.9 Å². The van der Waals surface area contributed by atoms with Crippen LogP contribution >= 0.6 is 0 Å². The standard InChI is InChI=1S/C13H16N2O4S/c1-19-10-2-3-12-11(6-10)14-13(16)7-15(12)9-4-5-20(17,18)8-9/h2-3,6,9H,4-5,7-8H2,1H3,(H,14,16). The van der Waals surface area contributed by atoms with Crippen molar-refractivity contribution in [3.63, 3.8) is 0 Å². The van der Waals surface area contributed by atoms with Crippen molar-refractivity contribution in [1.82, 2.24) is 0 Å². The molecule has 1 atom stereocenters. The van der Waals surface area contributed by atoms with Gasteiger partial charge in [0.05, 0.1) is 36.5 Å². The topological polar surface area (TPSA) is 75.7 Å². The zero-order valence-corrected chi connectivity index (χ0v) is 11.9. The number of hydrogen-bond donors (Lipinski definition) is 1. The summed E-state index contributed by atoms with van der Waals surface area (Å²) in [4.78, 5) is 13.7. The number of fused-ring (bicyclic) bond motifs is 1. The Kier molecular flexibility index (Phi) is 3.08. The first-order valence-corrected chi connectivity index (χ1v) is 8.25. The maximum Gasteiger partial charge on any atom is 0.243 e. The highest BCUT2D eigenvalue weighted by molar-refractivity contribution is 7.91. The van der Waals surface area contributed by atoms with Crippen molar-refractivity contribution in [1.29, 1.82) is 0 Å². The lowest BCUT2D eigenvalue weighted by atomic mass is 10.1. The highest BCUT2D eigenvalue weighted by atomic mass is 32.2. The third kappa shape index (κ3) is 2.33. The van der Waals surface area contributed by atoms with Crippen LogP contribution in [0.3, 0.4) is 0 Å². The lowest BCUT2D eigenvalue weighted by Crippen LogP contribution is -2.45. The van der Waals surface area contributed by atoms with Crippen molar-refractivity contribution in [2.45, 2.75) is 12.5 Å². The molecular formula is C13H16N2O4S. The number of amides is 1. The second-order valence-corrected chi connectivity index (χ2v) is 7.34. The molecule has 0 aliphatic carbocycles. The van der Waals surface area contributed by atoms with Crippen LogP contribution in [-0.2, 0) is 14.6 Å². The van der Waals surface area contributed by atoms with E-state index < -0.39 is 9.84 Å². The van der Waals surface area contributed by atoms with E-state index in [2.05, 4.69) is 5.32 Å². The molecule has 0 saturated carbocycles. The van der Waals surface area contributed by atoms with Crippen LogP contribution in [0.2, 0.25) is 0 Å². The number of rotatable bonds is 2. The largest absolute Gasteiger partial charge is 0.497 e. The summed E-state index contributed by atoms with van der Waals surface area (Å²) < 4.78 is 28.4. The number of anilines is 2. The van der Waals surface area contributed by atoms with E-state index in [-0.39, 0.29) is 30.0 Å². The van der Waals surface area contributed by atoms with Crippen LogP contribution in [0.5, 0.6) is 5.75 Å². The number of ether oxygens (including phenoxy) is 1. The van der Waals surface area contributed by atoms with Gasteiger partial charge in [0.2, 0.25) is 5.91 Å². The molecule has 1 N–H and O–H groups in total. The van der Waals surface area contributed by atoms with E-state index in [4.69, 9.17) is 4.74 Å². The maximum atomic E-state index is 11.8. The van der Waals surface area contributed by atoms with Crippen LogP contribution in [0.15, 0.2) is 18.2 Å². The van der Waals surface area contributed by atoms with Gasteiger partial charge in [0.25, 0.3) is 0 Å². The molecule has 0 aromatic heterocycles. The van der Waals surface area contributed by atoms with Gasteiger partial charge in [-0.15, -0.1) is 0 Å². The summed E-state index contributed by atoms with van der Waals surface area (Å²) in [6, 6.07) is 5.30. The third-order valence-corrected chi connectivity index (χ3v) is 5.50. The van der Waals surface area contributed by atoms with Gasteiger partial charge in [-0.2, -0.15) is 0 Å². The van der Waals surface area contributed by atoms with Crippen LogP contribution < -0.4 is 15.0 Å². The van der Waals surface area contributed by atoms with Crippen molar-refractivity contribution in [2.75, 3.05) is 35.4 Å². The number of nitrogens with zero attached hydrogens (tertiary/aromatic N) is 1. The molecule has 20 heavy (non-hydrogen) atoms. The fourth-order valence-electron chi connectivity index (χ4n) is 2.77. The predicted octanol–water partition coefficient (Wildman–Crippen LogP) is 0.641. The Hall–Kier alpha value is -1.76. The summed E-state index contributed by atoms with van der Waals surface area (Å²) in [6.45, 7) is 0.194. The van der Waals surface area contributed by atoms with Gasteiger partial charge in [0.1, 0.15) is 5.75 Å². The van der Waals surface area contributed by atoms with E-state index in [0.717, 1.165) is 5.69 Å². The number of carbonyl (C=O) groups is 1. The van der Waals surface area contributed by atoms with E-state index >= 15 is 0 Å². The zero-order chi connectivity index (χ0) is 14.3. The van der Waals surface area contributed by atoms with Crippen LogP contribution in [-0.4, -0.2) is 45.5 Å². The molecule has 0 bridgehead atoms. The van der Waals surface area contributed by atoms with Gasteiger partial charge >= 0.3 is 0 Å². The van der Waals surface area contributed by atoms with Crippen LogP contribution in [0, 0.1) is 0 Å². The molecule has 1 aromatic rings. The predicted molar refractivity (Wildman–Crippen MR) is 76.0 cm³/mol. The molecule has 0 spiro atoms. The van der Waals surface area contributed by atoms with E-state index in [1.54, 1.807) is 13.2 Å². The quantitative estimate of drug-likeness (QED) is 0.867. The van der Waals surface area contributed by atoms with E-state index in [0.29, 0.717) is 17.9 Å². The van der Waals surface area contributed by atoms with Gasteiger partial charge in [-0.3, -0.25) is 4.79 Å². The van der Waals surface area contributed by atoms with Crippen LogP contribution in [0.1, 0.15) is 6.42 Å². The van der Waals surface area contributed by atoms with Crippen molar-refractivity contribution in [3.8, 4) is 5.75 Å². The first kappa shape index (κ1) is 13.2. The van der Waals surface area contributed by atoms with Crippen molar-refractivity contribution in [2.24, 2.45) is 0 Å². The molecule has 1 fully saturated rings. The van der Waals surface area contributed by atoms with Gasteiger partial charge in [-0.05, 0) is 18.6 Å². The molecule has 2 aliphatic heterocycles. The highest BCUT2D eigenvalue weighted by Crippen LogP contribution is 2.35. The lowest BCUT2D eigenvalue weighted by molar-refractivity contribution is -0.115. The molecule has 1 saturated heterocycles. The number of hydrogen-bond acceptors (Lipinski definition) is 5. The summed E-state index contributed by atoms with van der Waals surface area (Å²) in [5.41, 5.74) is 1.53. The molecule has 3 rings (SSSR count). The molecule has 2 heterocycles. The molecule has 1 unspecified atom stereocenters. The summed E-state index contributed by atoms with van der Waals surface area (Å²) in [5.74, 6) is 0.840. The smallest absolute Gasteiger partial charge is 0.243 e. The molecule has 2 aliphatic rings. The summed E-state index contributed by atoms with van der Waals surface area (Å²) in [5, 5.41) is 2.80. The van der Waals surface area contributed by atoms with Crippen LogP contribution in [0.4, 0.5) is 11.4 Å². The molecule has 1 aromatic carbocycles. The Labute approximate surface area is 117 Å². The minimum Gasteiger partial charge on any atom is -0.497 e. The Morgan fingerprint density at radius 1 is 1.40 bits per heavy atom. The molecular weight excluding hydrogens is 280 g/mol. The number of nitrogens with one attached hydrogen (secondary N) is 1. The second-order valence-electron chi connectivity index (χ2n) is 5.12. The Morgan fingerprint density at radius 2 is 2.20 bits per heavy atom. The van der Waals surface area contributed by atoms with E-state index in [1.165, 1.54) is 0 Å². The second kappa shape index (κ2) is 4.66.